The van der Waals surface area contributed by atoms with Crippen molar-refractivity contribution in [2.24, 2.45) is 11.8 Å². The number of benzene rings is 1. The number of anilines is 1. The van der Waals surface area contributed by atoms with E-state index >= 15 is 0 Å². The molecule has 2 N–H and O–H groups in total. The third kappa shape index (κ3) is 4.55. The maximum absolute atomic E-state index is 9.47. The van der Waals surface area contributed by atoms with Crippen molar-refractivity contribution in [2.75, 3.05) is 18.0 Å². The number of hydrogen-bond donors (Lipinski definition) is 2. The van der Waals surface area contributed by atoms with Crippen LogP contribution in [0.1, 0.15) is 27.7 Å². The maximum Gasteiger partial charge on any atom is 0.129 e. The van der Waals surface area contributed by atoms with Gasteiger partial charge in [0.15, 0.2) is 0 Å². The fraction of sp³-hybridized carbons (Fsp3) is 0.571. The van der Waals surface area contributed by atoms with Gasteiger partial charge in [0.05, 0.1) is 6.07 Å². The van der Waals surface area contributed by atoms with E-state index in [4.69, 9.17) is 0 Å². The molecule has 3 nitrogen and oxygen atoms in total. The Hall–Kier alpha value is -1.38. The standard InChI is InChI=1S/C14H22NO2/c1-10(2)8-15(9-11(3)4)12-5-13(16)7-14(17)6-12/h5-6,10-11,16-17H,8-9H2,1-4H3. The predicted molar refractivity (Wildman–Crippen MR) is 70.5 cm³/mol. The Balaban J connectivity index is 2.94. The zero-order chi connectivity index (χ0) is 13.0. The van der Waals surface area contributed by atoms with E-state index in [-0.39, 0.29) is 11.5 Å². The predicted octanol–water partition coefficient (Wildman–Crippen LogP) is 3.02. The highest BCUT2D eigenvalue weighted by molar-refractivity contribution is 5.54. The van der Waals surface area contributed by atoms with Gasteiger partial charge in [-0.2, -0.15) is 0 Å². The SMILES string of the molecule is CC(C)CN(CC(C)C)c1cc(O)[c]c(O)c1. The van der Waals surface area contributed by atoms with Gasteiger partial charge in [0, 0.05) is 30.9 Å². The second kappa shape index (κ2) is 5.80. The Morgan fingerprint density at radius 2 is 1.41 bits per heavy atom. The molecule has 1 rings (SSSR count). The Bertz CT molecular complexity index is 331. The van der Waals surface area contributed by atoms with E-state index in [9.17, 15) is 10.2 Å². The zero-order valence-electron chi connectivity index (χ0n) is 11.1. The molecule has 0 aliphatic carbocycles. The minimum Gasteiger partial charge on any atom is -0.507 e. The van der Waals surface area contributed by atoms with Crippen LogP contribution in [0.4, 0.5) is 5.69 Å². The fourth-order valence-electron chi connectivity index (χ4n) is 1.87. The van der Waals surface area contributed by atoms with E-state index < -0.39 is 0 Å². The first-order chi connectivity index (χ1) is 7.88. The van der Waals surface area contributed by atoms with Crippen LogP contribution in [0.2, 0.25) is 0 Å². The molecular formula is C14H22NO2. The molecule has 0 unspecified atom stereocenters. The fourth-order valence-corrected chi connectivity index (χ4v) is 1.87. The normalized spacial score (nSPS) is 11.2. The van der Waals surface area contributed by atoms with Crippen LogP contribution in [-0.2, 0) is 0 Å². The smallest absolute Gasteiger partial charge is 0.129 e. The summed E-state index contributed by atoms with van der Waals surface area (Å²) in [5.74, 6) is 1.03. The molecule has 0 bridgehead atoms. The van der Waals surface area contributed by atoms with Crippen molar-refractivity contribution in [3.63, 3.8) is 0 Å². The van der Waals surface area contributed by atoms with Crippen LogP contribution in [0.15, 0.2) is 12.1 Å². The molecule has 1 aromatic carbocycles. The van der Waals surface area contributed by atoms with Gasteiger partial charge in [-0.3, -0.25) is 0 Å². The van der Waals surface area contributed by atoms with Crippen molar-refractivity contribution in [1.29, 1.82) is 0 Å². The number of phenols is 2. The van der Waals surface area contributed by atoms with Crippen molar-refractivity contribution in [3.05, 3.63) is 18.2 Å². The largest absolute Gasteiger partial charge is 0.507 e. The highest BCUT2D eigenvalue weighted by Crippen LogP contribution is 2.27. The summed E-state index contributed by atoms with van der Waals surface area (Å²) in [5.41, 5.74) is 0.848. The Morgan fingerprint density at radius 1 is 1.00 bits per heavy atom. The summed E-state index contributed by atoms with van der Waals surface area (Å²) in [5, 5.41) is 18.9. The third-order valence-electron chi connectivity index (χ3n) is 2.36. The van der Waals surface area contributed by atoms with Gasteiger partial charge < -0.3 is 15.1 Å². The Labute approximate surface area is 104 Å². The molecule has 0 aliphatic heterocycles. The van der Waals surface area contributed by atoms with E-state index in [0.29, 0.717) is 11.8 Å². The molecule has 0 aliphatic rings. The minimum absolute atomic E-state index is 0.0162. The number of aromatic hydroxyl groups is 2. The molecule has 95 valence electrons. The quantitative estimate of drug-likeness (QED) is 0.826. The molecule has 0 saturated heterocycles. The van der Waals surface area contributed by atoms with Gasteiger partial charge in [-0.25, -0.2) is 0 Å². The van der Waals surface area contributed by atoms with Crippen LogP contribution in [0.5, 0.6) is 11.5 Å². The second-order valence-electron chi connectivity index (χ2n) is 5.30. The lowest BCUT2D eigenvalue weighted by atomic mass is 10.1. The van der Waals surface area contributed by atoms with Crippen LogP contribution < -0.4 is 4.90 Å². The maximum atomic E-state index is 9.47. The van der Waals surface area contributed by atoms with Crippen LogP contribution in [-0.4, -0.2) is 23.3 Å². The molecule has 1 aromatic rings. The second-order valence-corrected chi connectivity index (χ2v) is 5.30. The average molecular weight is 236 g/mol. The molecule has 1 radical (unpaired) electrons. The Morgan fingerprint density at radius 3 is 1.76 bits per heavy atom. The number of nitrogens with zero attached hydrogens (tertiary/aromatic N) is 1. The number of phenolic OH excluding ortho intramolecular Hbond substituents is 2. The molecule has 0 saturated carbocycles. The molecule has 0 spiro atoms. The van der Waals surface area contributed by atoms with Crippen molar-refractivity contribution >= 4 is 5.69 Å². The topological polar surface area (TPSA) is 43.7 Å². The average Bonchev–Trinajstić information content (AvgIpc) is 2.13. The lowest BCUT2D eigenvalue weighted by molar-refractivity contribution is 0.447. The zero-order valence-corrected chi connectivity index (χ0v) is 11.1. The molecular weight excluding hydrogens is 214 g/mol. The van der Waals surface area contributed by atoms with Gasteiger partial charge in [-0.1, -0.05) is 27.7 Å². The molecule has 0 atom stereocenters. The first-order valence-electron chi connectivity index (χ1n) is 6.08. The molecule has 17 heavy (non-hydrogen) atoms. The van der Waals surface area contributed by atoms with Crippen molar-refractivity contribution in [2.45, 2.75) is 27.7 Å². The van der Waals surface area contributed by atoms with Gasteiger partial charge in [-0.15, -0.1) is 0 Å². The summed E-state index contributed by atoms with van der Waals surface area (Å²) in [7, 11) is 0. The summed E-state index contributed by atoms with van der Waals surface area (Å²) < 4.78 is 0. The van der Waals surface area contributed by atoms with Crippen LogP contribution in [0.25, 0.3) is 0 Å². The first-order valence-corrected chi connectivity index (χ1v) is 6.08. The third-order valence-corrected chi connectivity index (χ3v) is 2.36. The van der Waals surface area contributed by atoms with E-state index in [1.165, 1.54) is 0 Å². The summed E-state index contributed by atoms with van der Waals surface area (Å²) in [4.78, 5) is 2.18. The first kappa shape index (κ1) is 13.7. The van der Waals surface area contributed by atoms with Crippen LogP contribution in [0.3, 0.4) is 0 Å². The molecule has 3 heteroatoms. The van der Waals surface area contributed by atoms with Crippen molar-refractivity contribution in [1.82, 2.24) is 0 Å². The van der Waals surface area contributed by atoms with E-state index in [1.807, 2.05) is 0 Å². The van der Waals surface area contributed by atoms with Gasteiger partial charge in [0.25, 0.3) is 0 Å². The van der Waals surface area contributed by atoms with Crippen LogP contribution in [0, 0.1) is 17.9 Å². The minimum atomic E-state index is -0.0162. The monoisotopic (exact) mass is 236 g/mol. The van der Waals surface area contributed by atoms with E-state index in [0.717, 1.165) is 18.8 Å². The van der Waals surface area contributed by atoms with Gasteiger partial charge in [0.2, 0.25) is 0 Å². The van der Waals surface area contributed by atoms with E-state index in [2.05, 4.69) is 38.7 Å². The number of rotatable bonds is 5. The summed E-state index contributed by atoms with van der Waals surface area (Å²) in [6, 6.07) is 5.74. The summed E-state index contributed by atoms with van der Waals surface area (Å²) >= 11 is 0. The van der Waals surface area contributed by atoms with Gasteiger partial charge in [0.1, 0.15) is 11.5 Å². The highest BCUT2D eigenvalue weighted by atomic mass is 16.3. The summed E-state index contributed by atoms with van der Waals surface area (Å²) in [6.07, 6.45) is 0. The van der Waals surface area contributed by atoms with Crippen molar-refractivity contribution < 1.29 is 10.2 Å². The van der Waals surface area contributed by atoms with Gasteiger partial charge >= 0.3 is 0 Å². The molecule has 0 amide bonds. The highest BCUT2D eigenvalue weighted by Gasteiger charge is 2.12. The molecule has 0 fully saturated rings. The lowest BCUT2D eigenvalue weighted by Gasteiger charge is -2.28. The molecule has 0 heterocycles. The molecule has 0 aromatic heterocycles. The van der Waals surface area contributed by atoms with Crippen molar-refractivity contribution in [3.8, 4) is 11.5 Å². The summed E-state index contributed by atoms with van der Waals surface area (Å²) in [6.45, 7) is 10.4. The van der Waals surface area contributed by atoms with Crippen LogP contribution >= 0.6 is 0 Å². The van der Waals surface area contributed by atoms with Gasteiger partial charge in [-0.05, 0) is 11.8 Å². The lowest BCUT2D eigenvalue weighted by Crippen LogP contribution is -2.31. The Kier molecular flexibility index (Phi) is 4.67. The van der Waals surface area contributed by atoms with E-state index in [1.54, 1.807) is 12.1 Å². The number of hydrogen-bond acceptors (Lipinski definition) is 3.